The quantitative estimate of drug-likeness (QED) is 0.856. The van der Waals surface area contributed by atoms with Crippen LogP contribution in [0.2, 0.25) is 0 Å². The fourth-order valence-electron chi connectivity index (χ4n) is 1.79. The van der Waals surface area contributed by atoms with Crippen molar-refractivity contribution in [1.29, 1.82) is 0 Å². The first-order valence-corrected chi connectivity index (χ1v) is 5.86. The summed E-state index contributed by atoms with van der Waals surface area (Å²) in [5, 5.41) is 0.626. The van der Waals surface area contributed by atoms with Crippen molar-refractivity contribution in [3.05, 3.63) is 40.4 Å². The monoisotopic (exact) mass is 247 g/mol. The molecule has 0 radical (unpaired) electrons. The van der Waals surface area contributed by atoms with Gasteiger partial charge in [-0.1, -0.05) is 12.1 Å². The molecule has 5 nitrogen and oxygen atoms in total. The third kappa shape index (κ3) is 2.94. The Hall–Kier alpha value is -1.72. The standard InChI is InChI=1S/C13H17N3O2/c1-16(7-8-18-2)9-12-14-11-6-4-3-5-10(11)13(17)15-12/h3-6H,7-9H2,1-2H3,(H,14,15,17). The first-order chi connectivity index (χ1) is 8.70. The minimum atomic E-state index is -0.0873. The molecule has 0 spiro atoms. The Morgan fingerprint density at radius 1 is 1.39 bits per heavy atom. The largest absolute Gasteiger partial charge is 0.383 e. The van der Waals surface area contributed by atoms with Gasteiger partial charge in [0.25, 0.3) is 5.56 Å². The molecule has 1 aromatic carbocycles. The molecule has 0 bridgehead atoms. The van der Waals surface area contributed by atoms with Crippen LogP contribution in [-0.4, -0.2) is 42.2 Å². The van der Waals surface area contributed by atoms with Crippen LogP contribution in [0.3, 0.4) is 0 Å². The summed E-state index contributed by atoms with van der Waals surface area (Å²) in [4.78, 5) is 21.2. The number of nitrogens with one attached hydrogen (secondary N) is 1. The second kappa shape index (κ2) is 5.75. The molecule has 0 aliphatic rings. The second-order valence-electron chi connectivity index (χ2n) is 4.26. The van der Waals surface area contributed by atoms with Crippen LogP contribution in [0.15, 0.2) is 29.1 Å². The average molecular weight is 247 g/mol. The molecule has 18 heavy (non-hydrogen) atoms. The van der Waals surface area contributed by atoms with Crippen LogP contribution in [0.25, 0.3) is 10.9 Å². The van der Waals surface area contributed by atoms with Crippen LogP contribution < -0.4 is 5.56 Å². The number of para-hydroxylation sites is 1. The highest BCUT2D eigenvalue weighted by Gasteiger charge is 2.05. The van der Waals surface area contributed by atoms with E-state index in [-0.39, 0.29) is 5.56 Å². The smallest absolute Gasteiger partial charge is 0.258 e. The number of aromatic amines is 1. The van der Waals surface area contributed by atoms with Gasteiger partial charge in [0.05, 0.1) is 24.1 Å². The molecule has 1 heterocycles. The summed E-state index contributed by atoms with van der Waals surface area (Å²) < 4.78 is 5.01. The molecule has 0 saturated heterocycles. The van der Waals surface area contributed by atoms with Crippen molar-refractivity contribution in [1.82, 2.24) is 14.9 Å². The molecule has 0 fully saturated rings. The lowest BCUT2D eigenvalue weighted by molar-refractivity contribution is 0.157. The predicted octanol–water partition coefficient (Wildman–Crippen LogP) is 1.00. The zero-order valence-corrected chi connectivity index (χ0v) is 10.6. The number of ether oxygens (including phenoxy) is 1. The highest BCUT2D eigenvalue weighted by Crippen LogP contribution is 2.06. The van der Waals surface area contributed by atoms with Crippen molar-refractivity contribution in [2.24, 2.45) is 0 Å². The summed E-state index contributed by atoms with van der Waals surface area (Å²) in [6, 6.07) is 7.35. The van der Waals surface area contributed by atoms with Crippen molar-refractivity contribution in [3.63, 3.8) is 0 Å². The van der Waals surface area contributed by atoms with E-state index in [1.807, 2.05) is 25.2 Å². The lowest BCUT2D eigenvalue weighted by Gasteiger charge is -2.15. The highest BCUT2D eigenvalue weighted by atomic mass is 16.5. The molecule has 0 amide bonds. The summed E-state index contributed by atoms with van der Waals surface area (Å²) in [7, 11) is 3.64. The van der Waals surface area contributed by atoms with Crippen molar-refractivity contribution in [3.8, 4) is 0 Å². The van der Waals surface area contributed by atoms with E-state index in [0.717, 1.165) is 12.1 Å². The van der Waals surface area contributed by atoms with Crippen molar-refractivity contribution in [2.45, 2.75) is 6.54 Å². The minimum Gasteiger partial charge on any atom is -0.383 e. The lowest BCUT2D eigenvalue weighted by Crippen LogP contribution is -2.25. The van der Waals surface area contributed by atoms with Crippen LogP contribution in [-0.2, 0) is 11.3 Å². The third-order valence-corrected chi connectivity index (χ3v) is 2.76. The van der Waals surface area contributed by atoms with E-state index in [1.165, 1.54) is 0 Å². The van der Waals surface area contributed by atoms with E-state index >= 15 is 0 Å². The molecule has 5 heteroatoms. The van der Waals surface area contributed by atoms with Gasteiger partial charge in [0.15, 0.2) is 0 Å². The van der Waals surface area contributed by atoms with Crippen LogP contribution in [0.1, 0.15) is 5.82 Å². The number of H-pyrrole nitrogens is 1. The number of fused-ring (bicyclic) bond motifs is 1. The lowest BCUT2D eigenvalue weighted by atomic mass is 10.2. The van der Waals surface area contributed by atoms with Gasteiger partial charge in [-0.2, -0.15) is 0 Å². The Kier molecular flexibility index (Phi) is 4.07. The van der Waals surface area contributed by atoms with Gasteiger partial charge >= 0.3 is 0 Å². The predicted molar refractivity (Wildman–Crippen MR) is 70.6 cm³/mol. The fourth-order valence-corrected chi connectivity index (χ4v) is 1.79. The number of benzene rings is 1. The maximum absolute atomic E-state index is 11.9. The Balaban J connectivity index is 2.22. The molecule has 2 rings (SSSR count). The topological polar surface area (TPSA) is 58.2 Å². The number of aromatic nitrogens is 2. The van der Waals surface area contributed by atoms with Gasteiger partial charge in [-0.3, -0.25) is 9.69 Å². The van der Waals surface area contributed by atoms with Gasteiger partial charge in [0.2, 0.25) is 0 Å². The first kappa shape index (κ1) is 12.7. The number of methoxy groups -OCH3 is 1. The summed E-state index contributed by atoms with van der Waals surface area (Å²) in [5.74, 6) is 0.678. The molecule has 0 aliphatic heterocycles. The van der Waals surface area contributed by atoms with Gasteiger partial charge in [-0.15, -0.1) is 0 Å². The van der Waals surface area contributed by atoms with Crippen LogP contribution >= 0.6 is 0 Å². The van der Waals surface area contributed by atoms with Gasteiger partial charge in [0, 0.05) is 13.7 Å². The maximum Gasteiger partial charge on any atom is 0.258 e. The zero-order chi connectivity index (χ0) is 13.0. The van der Waals surface area contributed by atoms with Crippen molar-refractivity contribution in [2.75, 3.05) is 27.3 Å². The van der Waals surface area contributed by atoms with Crippen LogP contribution in [0.4, 0.5) is 0 Å². The van der Waals surface area contributed by atoms with Crippen LogP contribution in [0, 0.1) is 0 Å². The molecule has 0 unspecified atom stereocenters. The molecule has 0 aliphatic carbocycles. The van der Waals surface area contributed by atoms with E-state index in [9.17, 15) is 4.79 Å². The molecule has 0 atom stereocenters. The molecule has 1 aromatic heterocycles. The number of rotatable bonds is 5. The van der Waals surface area contributed by atoms with Gasteiger partial charge in [-0.25, -0.2) is 4.98 Å². The minimum absolute atomic E-state index is 0.0873. The van der Waals surface area contributed by atoms with Crippen LogP contribution in [0.5, 0.6) is 0 Å². The fraction of sp³-hybridized carbons (Fsp3) is 0.385. The van der Waals surface area contributed by atoms with Crippen molar-refractivity contribution < 1.29 is 4.74 Å². The average Bonchev–Trinajstić information content (AvgIpc) is 2.36. The normalized spacial score (nSPS) is 11.3. The number of hydrogen-bond acceptors (Lipinski definition) is 4. The molecular weight excluding hydrogens is 230 g/mol. The van der Waals surface area contributed by atoms with Gasteiger partial charge < -0.3 is 9.72 Å². The molecule has 0 saturated carbocycles. The summed E-state index contributed by atoms with van der Waals surface area (Å²) in [6.45, 7) is 2.06. The molecule has 1 N–H and O–H groups in total. The Bertz CT molecular complexity index is 580. The van der Waals surface area contributed by atoms with E-state index < -0.39 is 0 Å². The number of nitrogens with zero attached hydrogens (tertiary/aromatic N) is 2. The maximum atomic E-state index is 11.9. The zero-order valence-electron chi connectivity index (χ0n) is 10.6. The third-order valence-electron chi connectivity index (χ3n) is 2.76. The SMILES string of the molecule is COCCN(C)Cc1nc2ccccc2c(=O)[nH]1. The molecule has 2 aromatic rings. The highest BCUT2D eigenvalue weighted by molar-refractivity contribution is 5.77. The van der Waals surface area contributed by atoms with E-state index in [4.69, 9.17) is 4.74 Å². The van der Waals surface area contributed by atoms with Gasteiger partial charge in [0.1, 0.15) is 5.82 Å². The van der Waals surface area contributed by atoms with E-state index in [2.05, 4.69) is 14.9 Å². The Morgan fingerprint density at radius 3 is 2.94 bits per heavy atom. The summed E-state index contributed by atoms with van der Waals surface area (Å²) in [6.07, 6.45) is 0. The summed E-state index contributed by atoms with van der Waals surface area (Å²) >= 11 is 0. The van der Waals surface area contributed by atoms with Crippen molar-refractivity contribution >= 4 is 10.9 Å². The van der Waals surface area contributed by atoms with E-state index in [1.54, 1.807) is 13.2 Å². The van der Waals surface area contributed by atoms with E-state index in [0.29, 0.717) is 24.4 Å². The molecular formula is C13H17N3O2. The van der Waals surface area contributed by atoms with Gasteiger partial charge in [-0.05, 0) is 19.2 Å². The Labute approximate surface area is 105 Å². The Morgan fingerprint density at radius 2 is 2.17 bits per heavy atom. The number of hydrogen-bond donors (Lipinski definition) is 1. The number of likely N-dealkylation sites (N-methyl/N-ethyl adjacent to an activating group) is 1. The second-order valence-corrected chi connectivity index (χ2v) is 4.26. The first-order valence-electron chi connectivity index (χ1n) is 5.86. The molecule has 96 valence electrons. The summed E-state index contributed by atoms with van der Waals surface area (Å²) in [5.41, 5.74) is 0.645.